The molecule has 3 nitrogen and oxygen atoms in total. The van der Waals surface area contributed by atoms with Gasteiger partial charge in [0.15, 0.2) is 0 Å². The number of amides is 1. The lowest BCUT2D eigenvalue weighted by Crippen LogP contribution is -2.15. The van der Waals surface area contributed by atoms with E-state index in [1.807, 2.05) is 23.6 Å². The van der Waals surface area contributed by atoms with Crippen LogP contribution in [0, 0.1) is 0 Å². The lowest BCUT2D eigenvalue weighted by Gasteiger charge is -2.17. The van der Waals surface area contributed by atoms with Crippen molar-refractivity contribution in [1.29, 1.82) is 0 Å². The van der Waals surface area contributed by atoms with Crippen LogP contribution in [0.15, 0.2) is 72.1 Å². The number of benzene rings is 3. The van der Waals surface area contributed by atoms with Crippen LogP contribution >= 0.6 is 11.3 Å². The second-order valence-electron chi connectivity index (χ2n) is 8.23. The van der Waals surface area contributed by atoms with Gasteiger partial charge in [-0.15, -0.1) is 11.3 Å². The van der Waals surface area contributed by atoms with E-state index >= 15 is 0 Å². The average molecular weight is 518 g/mol. The third-order valence-corrected chi connectivity index (χ3v) is 6.95. The van der Waals surface area contributed by atoms with Gasteiger partial charge in [0.25, 0.3) is 0 Å². The fourth-order valence-corrected chi connectivity index (χ4v) is 5.16. The Morgan fingerprint density at radius 2 is 1.64 bits per heavy atom. The second-order valence-corrected chi connectivity index (χ2v) is 9.17. The summed E-state index contributed by atoms with van der Waals surface area (Å²) in [6, 6.07) is 15.5. The molecule has 2 heterocycles. The van der Waals surface area contributed by atoms with Crippen molar-refractivity contribution in [1.82, 2.24) is 4.57 Å². The molecule has 0 unspecified atom stereocenters. The molecule has 0 atom stereocenters. The topological polar surface area (TPSA) is 48.0 Å². The Bertz CT molecular complexity index is 1610. The minimum absolute atomic E-state index is 0.134. The van der Waals surface area contributed by atoms with Crippen LogP contribution in [-0.2, 0) is 18.9 Å². The average Bonchev–Trinajstić information content (AvgIpc) is 3.45. The molecule has 0 saturated heterocycles. The van der Waals surface area contributed by atoms with E-state index < -0.39 is 29.4 Å². The van der Waals surface area contributed by atoms with Crippen LogP contribution in [0.25, 0.3) is 32.2 Å². The van der Waals surface area contributed by atoms with Crippen LogP contribution in [0.1, 0.15) is 27.0 Å². The molecule has 3 aromatic carbocycles. The van der Waals surface area contributed by atoms with E-state index in [0.717, 1.165) is 16.5 Å². The van der Waals surface area contributed by atoms with Crippen molar-refractivity contribution in [3.05, 3.63) is 94.4 Å². The van der Waals surface area contributed by atoms with Crippen molar-refractivity contribution >= 4 is 39.0 Å². The van der Waals surface area contributed by atoms with E-state index in [-0.39, 0.29) is 23.7 Å². The number of alkyl halides is 6. The molecule has 2 aromatic heterocycles. The number of halogens is 6. The van der Waals surface area contributed by atoms with Gasteiger partial charge in [0.1, 0.15) is 0 Å². The molecule has 10 heteroatoms. The van der Waals surface area contributed by atoms with Crippen LogP contribution in [0.5, 0.6) is 0 Å². The molecule has 0 fully saturated rings. The summed E-state index contributed by atoms with van der Waals surface area (Å²) in [5.74, 6) is -0.701. The minimum Gasteiger partial charge on any atom is -0.366 e. The minimum atomic E-state index is -5.00. The third-order valence-electron chi connectivity index (χ3n) is 6.03. The maximum absolute atomic E-state index is 13.9. The Morgan fingerprint density at radius 3 is 2.28 bits per heavy atom. The maximum atomic E-state index is 13.9. The molecule has 0 saturated carbocycles. The Morgan fingerprint density at radius 1 is 0.861 bits per heavy atom. The molecule has 36 heavy (non-hydrogen) atoms. The Labute approximate surface area is 204 Å². The first kappa shape index (κ1) is 23.9. The molecule has 5 rings (SSSR count). The molecule has 2 N–H and O–H groups in total. The number of nitrogens with zero attached hydrogens (tertiary/aromatic N) is 1. The Balaban J connectivity index is 1.79. The summed E-state index contributed by atoms with van der Waals surface area (Å²) in [7, 11) is 0. The summed E-state index contributed by atoms with van der Waals surface area (Å²) in [5.41, 5.74) is 4.47. The van der Waals surface area contributed by atoms with Gasteiger partial charge in [0.2, 0.25) is 5.91 Å². The van der Waals surface area contributed by atoms with Gasteiger partial charge in [-0.05, 0) is 52.9 Å². The predicted molar refractivity (Wildman–Crippen MR) is 127 cm³/mol. The fourth-order valence-electron chi connectivity index (χ4n) is 4.44. The van der Waals surface area contributed by atoms with Crippen LogP contribution in [0.2, 0.25) is 0 Å². The lowest BCUT2D eigenvalue weighted by molar-refractivity contribution is -0.143. The number of hydrogen-bond donors (Lipinski definition) is 1. The first-order valence-electron chi connectivity index (χ1n) is 10.6. The van der Waals surface area contributed by atoms with Gasteiger partial charge in [-0.2, -0.15) is 26.3 Å². The van der Waals surface area contributed by atoms with E-state index in [1.165, 1.54) is 17.4 Å². The standard InChI is InChI=1S/C26H16F6N2OS/c27-25(28,29)16-8-6-15(19(12-16)26(30,31)32)13-34-20-4-1-3-18(24(33)35)23(20)17-9-7-14(11-21(17)34)22-5-2-10-36-22/h1-12H,13H2,(H2,33,35). The molecular formula is C26H16F6N2OS. The molecule has 0 bridgehead atoms. The molecule has 0 aliphatic heterocycles. The summed E-state index contributed by atoms with van der Waals surface area (Å²) < 4.78 is 82.6. The first-order chi connectivity index (χ1) is 16.9. The molecule has 184 valence electrons. The van der Waals surface area contributed by atoms with E-state index in [2.05, 4.69) is 0 Å². The highest BCUT2D eigenvalue weighted by molar-refractivity contribution is 7.13. The van der Waals surface area contributed by atoms with Crippen molar-refractivity contribution in [2.24, 2.45) is 5.73 Å². The SMILES string of the molecule is NC(=O)c1cccc2c1c1ccc(-c3cccs3)cc1n2Cc1ccc(C(F)(F)F)cc1C(F)(F)F. The Hall–Kier alpha value is -3.79. The van der Waals surface area contributed by atoms with Crippen molar-refractivity contribution in [3.63, 3.8) is 0 Å². The van der Waals surface area contributed by atoms with Crippen molar-refractivity contribution in [3.8, 4) is 10.4 Å². The van der Waals surface area contributed by atoms with Gasteiger partial charge in [0.05, 0.1) is 22.2 Å². The van der Waals surface area contributed by atoms with Gasteiger partial charge in [-0.3, -0.25) is 4.79 Å². The number of carbonyl (C=O) groups excluding carboxylic acids is 1. The van der Waals surface area contributed by atoms with E-state index in [1.54, 1.807) is 28.8 Å². The quantitative estimate of drug-likeness (QED) is 0.244. The molecule has 0 aliphatic rings. The zero-order valence-corrected chi connectivity index (χ0v) is 19.1. The van der Waals surface area contributed by atoms with E-state index in [0.29, 0.717) is 27.9 Å². The van der Waals surface area contributed by atoms with Gasteiger partial charge >= 0.3 is 12.4 Å². The Kier molecular flexibility index (Phi) is 5.59. The summed E-state index contributed by atoms with van der Waals surface area (Å²) in [6.07, 6.45) is -9.92. The monoisotopic (exact) mass is 518 g/mol. The van der Waals surface area contributed by atoms with Crippen molar-refractivity contribution in [2.45, 2.75) is 18.9 Å². The van der Waals surface area contributed by atoms with E-state index in [4.69, 9.17) is 5.73 Å². The van der Waals surface area contributed by atoms with Gasteiger partial charge in [-0.1, -0.05) is 30.3 Å². The third kappa shape index (κ3) is 4.11. The van der Waals surface area contributed by atoms with Gasteiger partial charge in [0, 0.05) is 27.8 Å². The van der Waals surface area contributed by atoms with E-state index in [9.17, 15) is 31.1 Å². The number of nitrogens with two attached hydrogens (primary N) is 1. The highest BCUT2D eigenvalue weighted by atomic mass is 32.1. The summed E-state index contributed by atoms with van der Waals surface area (Å²) in [6.45, 7) is -0.372. The fraction of sp³-hybridized carbons (Fsp3) is 0.115. The summed E-state index contributed by atoms with van der Waals surface area (Å²) >= 11 is 1.48. The van der Waals surface area contributed by atoms with Crippen molar-refractivity contribution in [2.75, 3.05) is 0 Å². The van der Waals surface area contributed by atoms with Crippen LogP contribution in [-0.4, -0.2) is 10.5 Å². The number of carbonyl (C=O) groups is 1. The predicted octanol–water partition coefficient (Wildman–Crippen LogP) is 7.71. The van der Waals surface area contributed by atoms with Crippen LogP contribution < -0.4 is 5.73 Å². The normalized spacial score (nSPS) is 12.5. The van der Waals surface area contributed by atoms with Crippen LogP contribution in [0.3, 0.4) is 0 Å². The second kappa shape index (κ2) is 8.41. The maximum Gasteiger partial charge on any atom is 0.416 e. The number of primary amides is 1. The van der Waals surface area contributed by atoms with Crippen molar-refractivity contribution < 1.29 is 31.1 Å². The largest absolute Gasteiger partial charge is 0.416 e. The molecule has 5 aromatic rings. The zero-order chi connectivity index (χ0) is 25.8. The highest BCUT2D eigenvalue weighted by Gasteiger charge is 2.38. The molecule has 0 aliphatic carbocycles. The number of aromatic nitrogens is 1. The zero-order valence-electron chi connectivity index (χ0n) is 18.2. The highest BCUT2D eigenvalue weighted by Crippen LogP contribution is 2.40. The molecule has 0 radical (unpaired) electrons. The molecule has 1 amide bonds. The number of thiophene rings is 1. The molecule has 0 spiro atoms. The van der Waals surface area contributed by atoms with Crippen LogP contribution in [0.4, 0.5) is 26.3 Å². The molecular weight excluding hydrogens is 502 g/mol. The van der Waals surface area contributed by atoms with Gasteiger partial charge < -0.3 is 10.3 Å². The smallest absolute Gasteiger partial charge is 0.366 e. The number of hydrogen-bond acceptors (Lipinski definition) is 2. The summed E-state index contributed by atoms with van der Waals surface area (Å²) in [4.78, 5) is 13.1. The van der Waals surface area contributed by atoms with Gasteiger partial charge in [-0.25, -0.2) is 0 Å². The number of rotatable bonds is 4. The summed E-state index contributed by atoms with van der Waals surface area (Å²) in [5, 5.41) is 2.95. The first-order valence-corrected chi connectivity index (χ1v) is 11.5. The lowest BCUT2D eigenvalue weighted by atomic mass is 10.0. The number of fused-ring (bicyclic) bond motifs is 3.